The van der Waals surface area contributed by atoms with Gasteiger partial charge in [-0.3, -0.25) is 4.79 Å². The second-order valence-corrected chi connectivity index (χ2v) is 7.26. The Balaban J connectivity index is 1.60. The number of primary amides is 1. The molecule has 2 atom stereocenters. The van der Waals surface area contributed by atoms with Crippen LogP contribution in [-0.2, 0) is 10.5 Å². The number of furan rings is 1. The first-order valence-electron chi connectivity index (χ1n) is 7.39. The molecule has 0 aromatic carbocycles. The van der Waals surface area contributed by atoms with Crippen LogP contribution in [0.2, 0.25) is 0 Å². The Hall–Kier alpha value is -0.940. The van der Waals surface area contributed by atoms with Gasteiger partial charge in [0.25, 0.3) is 0 Å². The number of carbonyl (C=O) groups is 1. The van der Waals surface area contributed by atoms with Crippen LogP contribution in [0, 0.1) is 0 Å². The second kappa shape index (κ2) is 5.82. The Morgan fingerprint density at radius 3 is 3.00 bits per heavy atom. The summed E-state index contributed by atoms with van der Waals surface area (Å²) in [6.07, 6.45) is 8.03. The fourth-order valence-electron chi connectivity index (χ4n) is 3.01. The Morgan fingerprint density at radius 1 is 1.50 bits per heavy atom. The van der Waals surface area contributed by atoms with Gasteiger partial charge < -0.3 is 15.5 Å². The minimum Gasteiger partial charge on any atom is -0.468 e. The van der Waals surface area contributed by atoms with Crippen molar-refractivity contribution in [1.82, 2.24) is 5.32 Å². The van der Waals surface area contributed by atoms with Gasteiger partial charge in [0, 0.05) is 11.3 Å². The zero-order chi connectivity index (χ0) is 14.0. The van der Waals surface area contributed by atoms with Gasteiger partial charge in [0.15, 0.2) is 0 Å². The molecule has 2 saturated carbocycles. The highest BCUT2D eigenvalue weighted by Crippen LogP contribution is 2.38. The Bertz CT molecular complexity index is 458. The predicted octanol–water partition coefficient (Wildman–Crippen LogP) is 2.43. The standard InChI is InChI=1S/C15H22N2O2S/c16-14(18)15(17-11-5-6-11)7-1-4-13(9-15)20-10-12-3-2-8-19-12/h2-3,8,11,13,17H,1,4-7,9-10H2,(H2,16,18). The van der Waals surface area contributed by atoms with E-state index >= 15 is 0 Å². The van der Waals surface area contributed by atoms with E-state index in [4.69, 9.17) is 10.2 Å². The van der Waals surface area contributed by atoms with Crippen molar-refractivity contribution in [2.75, 3.05) is 0 Å². The molecule has 1 heterocycles. The van der Waals surface area contributed by atoms with E-state index in [-0.39, 0.29) is 5.91 Å². The average Bonchev–Trinajstić information content (AvgIpc) is 3.08. The number of hydrogen-bond donors (Lipinski definition) is 2. The highest BCUT2D eigenvalue weighted by Gasteiger charge is 2.44. The smallest absolute Gasteiger partial charge is 0.237 e. The van der Waals surface area contributed by atoms with E-state index < -0.39 is 5.54 Å². The largest absolute Gasteiger partial charge is 0.468 e. The molecule has 0 radical (unpaired) electrons. The molecule has 4 nitrogen and oxygen atoms in total. The van der Waals surface area contributed by atoms with Crippen LogP contribution in [0.1, 0.15) is 44.3 Å². The Labute approximate surface area is 123 Å². The molecule has 2 fully saturated rings. The molecule has 20 heavy (non-hydrogen) atoms. The highest BCUT2D eigenvalue weighted by atomic mass is 32.2. The maximum atomic E-state index is 12.0. The summed E-state index contributed by atoms with van der Waals surface area (Å²) in [7, 11) is 0. The molecule has 5 heteroatoms. The van der Waals surface area contributed by atoms with Crippen molar-refractivity contribution in [3.63, 3.8) is 0 Å². The number of hydrogen-bond acceptors (Lipinski definition) is 4. The van der Waals surface area contributed by atoms with Crippen LogP contribution >= 0.6 is 11.8 Å². The fraction of sp³-hybridized carbons (Fsp3) is 0.667. The van der Waals surface area contributed by atoms with Gasteiger partial charge >= 0.3 is 0 Å². The van der Waals surface area contributed by atoms with Gasteiger partial charge in [-0.2, -0.15) is 11.8 Å². The molecule has 1 aromatic rings. The summed E-state index contributed by atoms with van der Waals surface area (Å²) in [5.74, 6) is 1.70. The van der Waals surface area contributed by atoms with Crippen LogP contribution in [0.25, 0.3) is 0 Å². The van der Waals surface area contributed by atoms with Crippen molar-refractivity contribution in [2.45, 2.75) is 61.1 Å². The van der Waals surface area contributed by atoms with E-state index in [0.29, 0.717) is 11.3 Å². The lowest BCUT2D eigenvalue weighted by molar-refractivity contribution is -0.125. The number of carbonyl (C=O) groups excluding carboxylic acids is 1. The van der Waals surface area contributed by atoms with E-state index in [1.54, 1.807) is 6.26 Å². The van der Waals surface area contributed by atoms with Crippen LogP contribution in [0.3, 0.4) is 0 Å². The number of thioether (sulfide) groups is 1. The quantitative estimate of drug-likeness (QED) is 0.845. The lowest BCUT2D eigenvalue weighted by Gasteiger charge is -2.39. The van der Waals surface area contributed by atoms with Crippen LogP contribution in [0.5, 0.6) is 0 Å². The van der Waals surface area contributed by atoms with E-state index in [0.717, 1.165) is 37.2 Å². The van der Waals surface area contributed by atoms with Gasteiger partial charge in [0.1, 0.15) is 5.76 Å². The third kappa shape index (κ3) is 3.20. The van der Waals surface area contributed by atoms with E-state index in [9.17, 15) is 4.79 Å². The average molecular weight is 294 g/mol. The van der Waals surface area contributed by atoms with Crippen molar-refractivity contribution in [1.29, 1.82) is 0 Å². The minimum absolute atomic E-state index is 0.173. The van der Waals surface area contributed by atoms with Crippen molar-refractivity contribution in [2.24, 2.45) is 5.73 Å². The van der Waals surface area contributed by atoms with Crippen molar-refractivity contribution >= 4 is 17.7 Å². The number of amides is 1. The summed E-state index contributed by atoms with van der Waals surface area (Å²) < 4.78 is 5.37. The molecule has 3 rings (SSSR count). The van der Waals surface area contributed by atoms with Gasteiger partial charge in [0.2, 0.25) is 5.91 Å². The summed E-state index contributed by atoms with van der Waals surface area (Å²) in [5.41, 5.74) is 5.23. The van der Waals surface area contributed by atoms with Gasteiger partial charge in [-0.15, -0.1) is 0 Å². The van der Waals surface area contributed by atoms with E-state index in [1.165, 1.54) is 12.8 Å². The molecule has 2 aliphatic rings. The highest BCUT2D eigenvalue weighted by molar-refractivity contribution is 7.99. The van der Waals surface area contributed by atoms with Gasteiger partial charge in [0.05, 0.1) is 17.6 Å². The molecule has 1 aromatic heterocycles. The topological polar surface area (TPSA) is 68.3 Å². The molecule has 1 amide bonds. The first-order chi connectivity index (χ1) is 9.68. The lowest BCUT2D eigenvalue weighted by atomic mass is 9.80. The first-order valence-corrected chi connectivity index (χ1v) is 8.44. The number of rotatable bonds is 6. The van der Waals surface area contributed by atoms with E-state index in [1.807, 2.05) is 23.9 Å². The molecule has 0 bridgehead atoms. The molecule has 0 spiro atoms. The maximum absolute atomic E-state index is 12.0. The SMILES string of the molecule is NC(=O)C1(NC2CC2)CCCC(SCc2ccco2)C1. The van der Waals surface area contributed by atoms with Crippen molar-refractivity contribution in [3.8, 4) is 0 Å². The molecule has 2 aliphatic carbocycles. The summed E-state index contributed by atoms with van der Waals surface area (Å²) >= 11 is 1.88. The van der Waals surface area contributed by atoms with Gasteiger partial charge in [-0.05, 0) is 50.7 Å². The first kappa shape index (κ1) is 14.0. The summed E-state index contributed by atoms with van der Waals surface area (Å²) in [6.45, 7) is 0. The fourth-order valence-corrected chi connectivity index (χ4v) is 4.31. The summed E-state index contributed by atoms with van der Waals surface area (Å²) in [5, 5.41) is 4.00. The Morgan fingerprint density at radius 2 is 2.35 bits per heavy atom. The third-order valence-electron chi connectivity index (χ3n) is 4.28. The van der Waals surface area contributed by atoms with Gasteiger partial charge in [-0.25, -0.2) is 0 Å². The van der Waals surface area contributed by atoms with Crippen LogP contribution < -0.4 is 11.1 Å². The monoisotopic (exact) mass is 294 g/mol. The lowest BCUT2D eigenvalue weighted by Crippen LogP contribution is -2.59. The predicted molar refractivity (Wildman–Crippen MR) is 80.3 cm³/mol. The van der Waals surface area contributed by atoms with Crippen LogP contribution in [0.15, 0.2) is 22.8 Å². The van der Waals surface area contributed by atoms with Crippen molar-refractivity contribution < 1.29 is 9.21 Å². The molecule has 0 aliphatic heterocycles. The molecular weight excluding hydrogens is 272 g/mol. The summed E-state index contributed by atoms with van der Waals surface area (Å²) in [4.78, 5) is 12.0. The molecule has 0 saturated heterocycles. The Kier molecular flexibility index (Phi) is 4.08. The van der Waals surface area contributed by atoms with E-state index in [2.05, 4.69) is 5.32 Å². The number of nitrogens with two attached hydrogens (primary N) is 1. The zero-order valence-electron chi connectivity index (χ0n) is 11.6. The molecular formula is C15H22N2O2S. The third-order valence-corrected chi connectivity index (χ3v) is 5.60. The second-order valence-electron chi connectivity index (χ2n) is 5.97. The molecule has 110 valence electrons. The van der Waals surface area contributed by atoms with Crippen LogP contribution in [0.4, 0.5) is 0 Å². The normalized spacial score (nSPS) is 30.3. The number of nitrogens with one attached hydrogen (secondary N) is 1. The van der Waals surface area contributed by atoms with Gasteiger partial charge in [-0.1, -0.05) is 0 Å². The maximum Gasteiger partial charge on any atom is 0.237 e. The zero-order valence-corrected chi connectivity index (χ0v) is 12.5. The van der Waals surface area contributed by atoms with Crippen LogP contribution in [-0.4, -0.2) is 22.7 Å². The molecule has 3 N–H and O–H groups in total. The molecule has 2 unspecified atom stereocenters. The van der Waals surface area contributed by atoms with Crippen molar-refractivity contribution in [3.05, 3.63) is 24.2 Å². The summed E-state index contributed by atoms with van der Waals surface area (Å²) in [6, 6.07) is 4.43. The minimum atomic E-state index is -0.472.